The molecule has 0 bridgehead atoms. The third kappa shape index (κ3) is 5.39. The van der Waals surface area contributed by atoms with Gasteiger partial charge in [-0.1, -0.05) is 44.2 Å². The SMILES string of the molecule is CC(=O)c1ccc(-c2ccc3c(c2)CCN3C)cc1.CCC(=O)[C@](C)(CC)C(=O)NO. The maximum Gasteiger partial charge on any atom is 0.256 e. The summed E-state index contributed by atoms with van der Waals surface area (Å²) in [5.41, 5.74) is 6.34. The fourth-order valence-electron chi connectivity index (χ4n) is 3.64. The molecule has 2 aromatic rings. The molecule has 6 nitrogen and oxygen atoms in total. The van der Waals surface area contributed by atoms with Crippen molar-refractivity contribution in [2.24, 2.45) is 5.41 Å². The van der Waals surface area contributed by atoms with E-state index in [0.29, 0.717) is 12.8 Å². The van der Waals surface area contributed by atoms with Gasteiger partial charge in [-0.3, -0.25) is 19.6 Å². The molecule has 2 N–H and O–H groups in total. The standard InChI is InChI=1S/C17H17NO.C8H15NO3/c1-12(19)13-3-5-14(6-4-13)15-7-8-17-16(11-15)9-10-18(17)2;1-4-6(10)8(3,5-2)7(11)9-12/h3-8,11H,9-10H2,1-2H3;12H,4-5H2,1-3H3,(H,9,11)/t;8-/m.0/s1. The van der Waals surface area contributed by atoms with E-state index < -0.39 is 11.3 Å². The molecule has 1 aliphatic rings. The minimum Gasteiger partial charge on any atom is -0.374 e. The first-order chi connectivity index (χ1) is 14.7. The number of nitrogens with one attached hydrogen (secondary N) is 1. The zero-order chi connectivity index (χ0) is 23.2. The molecule has 6 heteroatoms. The Balaban J connectivity index is 0.000000248. The van der Waals surface area contributed by atoms with Crippen LogP contribution in [0.25, 0.3) is 11.1 Å². The monoisotopic (exact) mass is 424 g/mol. The van der Waals surface area contributed by atoms with Crippen LogP contribution in [0.3, 0.4) is 0 Å². The van der Waals surface area contributed by atoms with Gasteiger partial charge in [-0.2, -0.15) is 0 Å². The number of carbonyl (C=O) groups excluding carboxylic acids is 3. The summed E-state index contributed by atoms with van der Waals surface area (Å²) in [6.07, 6.45) is 1.81. The van der Waals surface area contributed by atoms with E-state index in [9.17, 15) is 14.4 Å². The number of anilines is 1. The molecular weight excluding hydrogens is 392 g/mol. The Hall–Kier alpha value is -2.99. The number of nitrogens with zero attached hydrogens (tertiary/aromatic N) is 1. The summed E-state index contributed by atoms with van der Waals surface area (Å²) in [7, 11) is 2.13. The van der Waals surface area contributed by atoms with Crippen LogP contribution in [0.15, 0.2) is 42.5 Å². The highest BCUT2D eigenvalue weighted by Gasteiger charge is 2.37. The third-order valence-electron chi connectivity index (χ3n) is 6.08. The molecule has 0 saturated carbocycles. The smallest absolute Gasteiger partial charge is 0.256 e. The van der Waals surface area contributed by atoms with Gasteiger partial charge in [-0.25, -0.2) is 5.48 Å². The molecule has 1 atom stereocenters. The second-order valence-corrected chi connectivity index (χ2v) is 8.05. The lowest BCUT2D eigenvalue weighted by atomic mass is 9.81. The number of hydroxylamine groups is 1. The van der Waals surface area contributed by atoms with E-state index in [4.69, 9.17) is 5.21 Å². The van der Waals surface area contributed by atoms with Crippen molar-refractivity contribution in [3.8, 4) is 11.1 Å². The van der Waals surface area contributed by atoms with Gasteiger partial charge in [-0.05, 0) is 55.5 Å². The van der Waals surface area contributed by atoms with Crippen LogP contribution in [0.2, 0.25) is 0 Å². The fraction of sp³-hybridized carbons (Fsp3) is 0.400. The summed E-state index contributed by atoms with van der Waals surface area (Å²) in [6, 6.07) is 14.5. The number of amides is 1. The minimum atomic E-state index is -1.08. The largest absolute Gasteiger partial charge is 0.374 e. The predicted molar refractivity (Wildman–Crippen MR) is 122 cm³/mol. The van der Waals surface area contributed by atoms with Crippen LogP contribution in [0.4, 0.5) is 5.69 Å². The number of likely N-dealkylation sites (N-methyl/N-ethyl adjacent to an activating group) is 1. The minimum absolute atomic E-state index is 0.113. The maximum atomic E-state index is 11.3. The van der Waals surface area contributed by atoms with E-state index in [1.54, 1.807) is 20.8 Å². The van der Waals surface area contributed by atoms with Gasteiger partial charge < -0.3 is 4.90 Å². The number of benzene rings is 2. The van der Waals surface area contributed by atoms with Crippen molar-refractivity contribution in [2.75, 3.05) is 18.5 Å². The number of hydrogen-bond donors (Lipinski definition) is 2. The van der Waals surface area contributed by atoms with Gasteiger partial charge in [0.05, 0.1) is 0 Å². The number of carbonyl (C=O) groups is 3. The molecule has 0 unspecified atom stereocenters. The average molecular weight is 425 g/mol. The van der Waals surface area contributed by atoms with Crippen molar-refractivity contribution in [1.29, 1.82) is 0 Å². The highest BCUT2D eigenvalue weighted by atomic mass is 16.5. The van der Waals surface area contributed by atoms with Crippen LogP contribution in [-0.4, -0.2) is 36.3 Å². The third-order valence-corrected chi connectivity index (χ3v) is 6.08. The van der Waals surface area contributed by atoms with Crippen molar-refractivity contribution < 1.29 is 19.6 Å². The highest BCUT2D eigenvalue weighted by Crippen LogP contribution is 2.31. The number of ketones is 2. The summed E-state index contributed by atoms with van der Waals surface area (Å²) in [5, 5.41) is 8.39. The summed E-state index contributed by atoms with van der Waals surface area (Å²) in [5.74, 6) is -0.671. The maximum absolute atomic E-state index is 11.3. The lowest BCUT2D eigenvalue weighted by Gasteiger charge is -2.22. The van der Waals surface area contributed by atoms with Gasteiger partial charge in [0, 0.05) is 31.3 Å². The molecular formula is C25H32N2O4. The fourth-order valence-corrected chi connectivity index (χ4v) is 3.64. The Bertz CT molecular complexity index is 934. The number of Topliss-reactive ketones (excluding diaryl/α,β-unsaturated/α-hetero) is 2. The quantitative estimate of drug-likeness (QED) is 0.310. The van der Waals surface area contributed by atoms with E-state index in [1.807, 2.05) is 24.3 Å². The highest BCUT2D eigenvalue weighted by molar-refractivity contribution is 6.05. The number of rotatable bonds is 6. The van der Waals surface area contributed by atoms with E-state index >= 15 is 0 Å². The van der Waals surface area contributed by atoms with E-state index in [0.717, 1.165) is 18.5 Å². The van der Waals surface area contributed by atoms with Gasteiger partial charge >= 0.3 is 0 Å². The van der Waals surface area contributed by atoms with Crippen molar-refractivity contribution in [3.63, 3.8) is 0 Å². The Morgan fingerprint density at radius 3 is 2.19 bits per heavy atom. The molecule has 1 amide bonds. The Morgan fingerprint density at radius 2 is 1.68 bits per heavy atom. The average Bonchev–Trinajstić information content (AvgIpc) is 3.17. The summed E-state index contributed by atoms with van der Waals surface area (Å²) in [4.78, 5) is 35.9. The lowest BCUT2D eigenvalue weighted by Crippen LogP contribution is -2.42. The van der Waals surface area contributed by atoms with Crippen LogP contribution in [0, 0.1) is 5.41 Å². The second kappa shape index (κ2) is 10.4. The number of fused-ring (bicyclic) bond motifs is 1. The van der Waals surface area contributed by atoms with Crippen molar-refractivity contribution in [2.45, 2.75) is 47.0 Å². The van der Waals surface area contributed by atoms with Gasteiger partial charge in [0.25, 0.3) is 5.91 Å². The van der Waals surface area contributed by atoms with Crippen molar-refractivity contribution in [1.82, 2.24) is 5.48 Å². The Labute approximate surface area is 184 Å². The summed E-state index contributed by atoms with van der Waals surface area (Å²) >= 11 is 0. The Kier molecular flexibility index (Phi) is 8.11. The normalized spacial score (nSPS) is 14.1. The molecule has 0 fully saturated rings. The first-order valence-corrected chi connectivity index (χ1v) is 10.6. The van der Waals surface area contributed by atoms with Gasteiger partial charge in [0.1, 0.15) is 11.2 Å². The molecule has 1 heterocycles. The Morgan fingerprint density at radius 1 is 1.06 bits per heavy atom. The molecule has 166 valence electrons. The zero-order valence-corrected chi connectivity index (χ0v) is 19.0. The molecule has 0 aliphatic carbocycles. The number of hydrogen-bond acceptors (Lipinski definition) is 5. The first kappa shape index (κ1) is 24.3. The molecule has 0 radical (unpaired) electrons. The first-order valence-electron chi connectivity index (χ1n) is 10.6. The topological polar surface area (TPSA) is 86.7 Å². The van der Waals surface area contributed by atoms with Gasteiger partial charge in [-0.15, -0.1) is 0 Å². The van der Waals surface area contributed by atoms with Crippen LogP contribution in [0.1, 0.15) is 56.5 Å². The van der Waals surface area contributed by atoms with Crippen LogP contribution in [-0.2, 0) is 16.0 Å². The van der Waals surface area contributed by atoms with Crippen LogP contribution in [0.5, 0.6) is 0 Å². The molecule has 0 aromatic heterocycles. The summed E-state index contributed by atoms with van der Waals surface area (Å²) < 4.78 is 0. The molecule has 31 heavy (non-hydrogen) atoms. The lowest BCUT2D eigenvalue weighted by molar-refractivity contribution is -0.147. The van der Waals surface area contributed by atoms with Crippen molar-refractivity contribution >= 4 is 23.2 Å². The van der Waals surface area contributed by atoms with Gasteiger partial charge in [0.2, 0.25) is 0 Å². The summed E-state index contributed by atoms with van der Waals surface area (Å²) in [6.45, 7) is 7.66. The van der Waals surface area contributed by atoms with E-state index in [2.05, 4.69) is 30.1 Å². The van der Waals surface area contributed by atoms with Gasteiger partial charge in [0.15, 0.2) is 5.78 Å². The van der Waals surface area contributed by atoms with E-state index in [1.165, 1.54) is 34.8 Å². The molecule has 0 spiro atoms. The zero-order valence-electron chi connectivity index (χ0n) is 19.0. The second-order valence-electron chi connectivity index (χ2n) is 8.05. The molecule has 2 aromatic carbocycles. The van der Waals surface area contributed by atoms with E-state index in [-0.39, 0.29) is 11.6 Å². The molecule has 3 rings (SSSR count). The van der Waals surface area contributed by atoms with Crippen LogP contribution < -0.4 is 10.4 Å². The molecule has 1 aliphatic heterocycles. The molecule has 0 saturated heterocycles. The predicted octanol–water partition coefficient (Wildman–Crippen LogP) is 4.44. The van der Waals surface area contributed by atoms with Crippen molar-refractivity contribution in [3.05, 3.63) is 53.6 Å². The van der Waals surface area contributed by atoms with Crippen LogP contribution >= 0.6 is 0 Å².